The molecule has 3 heterocycles. The Bertz CT molecular complexity index is 817. The van der Waals surface area contributed by atoms with E-state index in [1.807, 2.05) is 26.2 Å². The Morgan fingerprint density at radius 3 is 3.00 bits per heavy atom. The minimum atomic E-state index is -0.217. The molecule has 0 saturated heterocycles. The van der Waals surface area contributed by atoms with E-state index < -0.39 is 0 Å². The van der Waals surface area contributed by atoms with Crippen molar-refractivity contribution in [2.75, 3.05) is 0 Å². The first-order chi connectivity index (χ1) is 11.0. The second-order valence-corrected chi connectivity index (χ2v) is 6.41. The van der Waals surface area contributed by atoms with Gasteiger partial charge in [-0.15, -0.1) is 11.3 Å². The highest BCUT2D eigenvalue weighted by Crippen LogP contribution is 2.23. The van der Waals surface area contributed by atoms with Gasteiger partial charge in [0.2, 0.25) is 0 Å². The lowest BCUT2D eigenvalue weighted by atomic mass is 10.2. The summed E-state index contributed by atoms with van der Waals surface area (Å²) in [4.78, 5) is 20.7. The molecule has 120 valence electrons. The van der Waals surface area contributed by atoms with Crippen molar-refractivity contribution in [3.05, 3.63) is 40.4 Å². The predicted octanol–water partition coefficient (Wildman–Crippen LogP) is 2.81. The van der Waals surface area contributed by atoms with Gasteiger partial charge in [-0.25, -0.2) is 14.6 Å². The Kier molecular flexibility index (Phi) is 4.24. The molecule has 3 rings (SSSR count). The third-order valence-electron chi connectivity index (χ3n) is 3.28. The minimum absolute atomic E-state index is 0.192. The number of thiazole rings is 1. The van der Waals surface area contributed by atoms with E-state index in [9.17, 15) is 4.79 Å². The molecule has 3 aromatic heterocycles. The molecule has 1 amide bonds. The van der Waals surface area contributed by atoms with Crippen LogP contribution in [0.2, 0.25) is 0 Å². The molecule has 0 aliphatic heterocycles. The average molecular weight is 331 g/mol. The summed E-state index contributed by atoms with van der Waals surface area (Å²) in [5, 5.41) is 9.83. The third kappa shape index (κ3) is 3.31. The first kappa shape index (κ1) is 15.4. The molecule has 0 fully saturated rings. The maximum Gasteiger partial charge on any atom is 0.254 e. The Labute approximate surface area is 137 Å². The van der Waals surface area contributed by atoms with Gasteiger partial charge >= 0.3 is 0 Å². The molecule has 0 spiro atoms. The molecule has 8 heteroatoms. The van der Waals surface area contributed by atoms with Gasteiger partial charge in [0.15, 0.2) is 5.76 Å². The Morgan fingerprint density at radius 1 is 1.48 bits per heavy atom. The molecule has 0 radical (unpaired) electrons. The molecule has 0 atom stereocenters. The van der Waals surface area contributed by atoms with Crippen LogP contribution in [0.4, 0.5) is 0 Å². The van der Waals surface area contributed by atoms with Crippen molar-refractivity contribution in [1.29, 1.82) is 0 Å². The second-order valence-electron chi connectivity index (χ2n) is 5.35. The van der Waals surface area contributed by atoms with Crippen LogP contribution in [0.15, 0.2) is 28.5 Å². The lowest BCUT2D eigenvalue weighted by Crippen LogP contribution is -2.25. The van der Waals surface area contributed by atoms with E-state index in [1.54, 1.807) is 22.1 Å². The number of hydrogen-bond acceptors (Lipinski definition) is 6. The van der Waals surface area contributed by atoms with Crippen molar-refractivity contribution in [2.24, 2.45) is 0 Å². The summed E-state index contributed by atoms with van der Waals surface area (Å²) in [6.45, 7) is 6.26. The van der Waals surface area contributed by atoms with Gasteiger partial charge in [-0.05, 0) is 26.8 Å². The summed E-state index contributed by atoms with van der Waals surface area (Å²) in [7, 11) is 0. The molecule has 0 aromatic carbocycles. The third-order valence-corrected chi connectivity index (χ3v) is 4.05. The SMILES string of the molecule is Cc1nc(-c2cc(C(=O)NCc3ncnn3C(C)C)co2)cs1. The molecule has 7 nitrogen and oxygen atoms in total. The summed E-state index contributed by atoms with van der Waals surface area (Å²) in [5.74, 6) is 1.09. The normalized spacial score (nSPS) is 11.1. The van der Waals surface area contributed by atoms with Gasteiger partial charge in [0.25, 0.3) is 5.91 Å². The zero-order valence-corrected chi connectivity index (χ0v) is 13.9. The fraction of sp³-hybridized carbons (Fsp3) is 0.333. The summed E-state index contributed by atoms with van der Waals surface area (Å²) < 4.78 is 7.21. The highest BCUT2D eigenvalue weighted by atomic mass is 32.1. The topological polar surface area (TPSA) is 85.8 Å². The minimum Gasteiger partial charge on any atom is -0.462 e. The van der Waals surface area contributed by atoms with Crippen LogP contribution in [0.1, 0.15) is 41.1 Å². The van der Waals surface area contributed by atoms with Crippen molar-refractivity contribution in [1.82, 2.24) is 25.1 Å². The van der Waals surface area contributed by atoms with Crippen LogP contribution in [-0.2, 0) is 6.54 Å². The van der Waals surface area contributed by atoms with Gasteiger partial charge in [-0.2, -0.15) is 5.10 Å². The zero-order chi connectivity index (χ0) is 16.4. The number of amides is 1. The fourth-order valence-corrected chi connectivity index (χ4v) is 2.76. The van der Waals surface area contributed by atoms with Crippen LogP contribution in [0.25, 0.3) is 11.5 Å². The number of rotatable bonds is 5. The largest absolute Gasteiger partial charge is 0.462 e. The maximum atomic E-state index is 12.2. The number of hydrogen-bond donors (Lipinski definition) is 1. The molecule has 0 bridgehead atoms. The summed E-state index contributed by atoms with van der Waals surface area (Å²) in [6, 6.07) is 1.88. The van der Waals surface area contributed by atoms with Crippen LogP contribution >= 0.6 is 11.3 Å². The summed E-state index contributed by atoms with van der Waals surface area (Å²) >= 11 is 1.54. The van der Waals surface area contributed by atoms with Gasteiger partial charge in [0.05, 0.1) is 17.1 Å². The van der Waals surface area contributed by atoms with E-state index in [-0.39, 0.29) is 11.9 Å². The van der Waals surface area contributed by atoms with E-state index >= 15 is 0 Å². The quantitative estimate of drug-likeness (QED) is 0.777. The lowest BCUT2D eigenvalue weighted by Gasteiger charge is -2.09. The molecule has 0 unspecified atom stereocenters. The fourth-order valence-electron chi connectivity index (χ4n) is 2.16. The Hall–Kier alpha value is -2.48. The number of nitrogens with one attached hydrogen (secondary N) is 1. The van der Waals surface area contributed by atoms with Crippen LogP contribution in [-0.4, -0.2) is 25.7 Å². The lowest BCUT2D eigenvalue weighted by molar-refractivity contribution is 0.0948. The van der Waals surface area contributed by atoms with E-state index in [0.717, 1.165) is 10.7 Å². The molecule has 0 aliphatic rings. The highest BCUT2D eigenvalue weighted by Gasteiger charge is 2.14. The molecule has 0 aliphatic carbocycles. The number of furan rings is 1. The van der Waals surface area contributed by atoms with Crippen molar-refractivity contribution in [3.8, 4) is 11.5 Å². The Morgan fingerprint density at radius 2 is 2.30 bits per heavy atom. The molecule has 1 N–H and O–H groups in total. The highest BCUT2D eigenvalue weighted by molar-refractivity contribution is 7.09. The summed E-state index contributed by atoms with van der Waals surface area (Å²) in [5.41, 5.74) is 1.20. The van der Waals surface area contributed by atoms with Crippen LogP contribution in [0.3, 0.4) is 0 Å². The number of carbonyl (C=O) groups excluding carboxylic acids is 1. The van der Waals surface area contributed by atoms with E-state index in [2.05, 4.69) is 20.4 Å². The number of nitrogens with zero attached hydrogens (tertiary/aromatic N) is 4. The van der Waals surface area contributed by atoms with Gasteiger partial charge in [0.1, 0.15) is 24.1 Å². The predicted molar refractivity (Wildman–Crippen MR) is 86.1 cm³/mol. The van der Waals surface area contributed by atoms with Gasteiger partial charge < -0.3 is 9.73 Å². The second kappa shape index (κ2) is 6.33. The van der Waals surface area contributed by atoms with Crippen LogP contribution < -0.4 is 5.32 Å². The Balaban J connectivity index is 1.67. The number of carbonyl (C=O) groups is 1. The van der Waals surface area contributed by atoms with E-state index in [0.29, 0.717) is 23.7 Å². The molecular weight excluding hydrogens is 314 g/mol. The first-order valence-electron chi connectivity index (χ1n) is 7.22. The molecular formula is C15H17N5O2S. The van der Waals surface area contributed by atoms with Gasteiger partial charge in [0, 0.05) is 11.4 Å². The first-order valence-corrected chi connectivity index (χ1v) is 8.10. The van der Waals surface area contributed by atoms with Crippen molar-refractivity contribution in [3.63, 3.8) is 0 Å². The number of aryl methyl sites for hydroxylation is 1. The van der Waals surface area contributed by atoms with Crippen molar-refractivity contribution in [2.45, 2.75) is 33.4 Å². The van der Waals surface area contributed by atoms with Gasteiger partial charge in [-0.1, -0.05) is 0 Å². The monoisotopic (exact) mass is 331 g/mol. The standard InChI is InChI=1S/C15H17N5O2S/c1-9(2)20-14(17-8-18-20)5-16-15(21)11-4-13(22-6-11)12-7-23-10(3)19-12/h4,6-9H,5H2,1-3H3,(H,16,21). The summed E-state index contributed by atoms with van der Waals surface area (Å²) in [6.07, 6.45) is 2.93. The number of aromatic nitrogens is 4. The molecule has 0 saturated carbocycles. The van der Waals surface area contributed by atoms with E-state index in [1.165, 1.54) is 12.6 Å². The molecule has 23 heavy (non-hydrogen) atoms. The zero-order valence-electron chi connectivity index (χ0n) is 13.1. The smallest absolute Gasteiger partial charge is 0.254 e. The van der Waals surface area contributed by atoms with Crippen molar-refractivity contribution >= 4 is 17.2 Å². The van der Waals surface area contributed by atoms with E-state index in [4.69, 9.17) is 4.42 Å². The van der Waals surface area contributed by atoms with Gasteiger partial charge in [-0.3, -0.25) is 4.79 Å². The van der Waals surface area contributed by atoms with Crippen LogP contribution in [0.5, 0.6) is 0 Å². The van der Waals surface area contributed by atoms with Crippen molar-refractivity contribution < 1.29 is 9.21 Å². The average Bonchev–Trinajstić information content (AvgIpc) is 3.24. The maximum absolute atomic E-state index is 12.2. The molecule has 3 aromatic rings. The van der Waals surface area contributed by atoms with Crippen LogP contribution in [0, 0.1) is 6.92 Å².